The first-order valence-electron chi connectivity index (χ1n) is 9.19. The molecule has 1 aromatic heterocycles. The highest BCUT2D eigenvalue weighted by molar-refractivity contribution is 7.21. The van der Waals surface area contributed by atoms with E-state index < -0.39 is 0 Å². The minimum Gasteiger partial charge on any atom is -0.493 e. The average Bonchev–Trinajstić information content (AvgIpc) is 3.16. The van der Waals surface area contributed by atoms with Crippen LogP contribution in [0.4, 0.5) is 5.69 Å². The summed E-state index contributed by atoms with van der Waals surface area (Å²) in [6.07, 6.45) is 0. The van der Waals surface area contributed by atoms with E-state index in [2.05, 4.69) is 54.7 Å². The monoisotopic (exact) mass is 424 g/mol. The Morgan fingerprint density at radius 1 is 0.966 bits per heavy atom. The number of anilines is 1. The highest BCUT2D eigenvalue weighted by Gasteiger charge is 2.10. The van der Waals surface area contributed by atoms with E-state index in [4.69, 9.17) is 26.1 Å². The third-order valence-electron chi connectivity index (χ3n) is 4.71. The Hall–Kier alpha value is -2.76. The van der Waals surface area contributed by atoms with Crippen LogP contribution in [0.25, 0.3) is 20.8 Å². The molecule has 0 bridgehead atoms. The Kier molecular flexibility index (Phi) is 5.60. The van der Waals surface area contributed by atoms with Crippen LogP contribution in [0.5, 0.6) is 11.5 Å². The van der Waals surface area contributed by atoms with Crippen molar-refractivity contribution in [1.29, 1.82) is 0 Å². The molecule has 6 heteroatoms. The maximum absolute atomic E-state index is 6.38. The molecule has 0 amide bonds. The van der Waals surface area contributed by atoms with Gasteiger partial charge in [-0.15, -0.1) is 11.3 Å². The maximum atomic E-state index is 6.38. The highest BCUT2D eigenvalue weighted by Crippen LogP contribution is 2.34. The zero-order chi connectivity index (χ0) is 20.4. The summed E-state index contributed by atoms with van der Waals surface area (Å²) in [7, 11) is 3.21. The van der Waals surface area contributed by atoms with Crippen LogP contribution in [0.2, 0.25) is 5.02 Å². The molecule has 0 unspecified atom stereocenters. The molecule has 0 spiro atoms. The van der Waals surface area contributed by atoms with E-state index in [1.807, 2.05) is 6.07 Å². The number of halogens is 1. The van der Waals surface area contributed by atoms with Crippen molar-refractivity contribution >= 4 is 38.8 Å². The van der Waals surface area contributed by atoms with E-state index in [1.165, 1.54) is 10.3 Å². The number of hydrogen-bond acceptors (Lipinski definition) is 5. The standard InChI is InChI=1S/C23H21ClN2O2S/c1-14-4-9-19-22(10-14)29-23(26-19)15-5-7-17(8-6-15)25-13-16-11-20(27-2)21(28-3)12-18(16)24/h4-12,25H,13H2,1-3H3. The van der Waals surface area contributed by atoms with Crippen LogP contribution in [-0.2, 0) is 6.54 Å². The molecule has 1 heterocycles. The lowest BCUT2D eigenvalue weighted by atomic mass is 10.1. The van der Waals surface area contributed by atoms with Crippen molar-refractivity contribution < 1.29 is 9.47 Å². The third-order valence-corrected chi connectivity index (χ3v) is 6.13. The lowest BCUT2D eigenvalue weighted by Gasteiger charge is -2.13. The summed E-state index contributed by atoms with van der Waals surface area (Å²) in [4.78, 5) is 4.75. The molecular weight excluding hydrogens is 404 g/mol. The second-order valence-corrected chi connectivity index (χ2v) is 8.16. The van der Waals surface area contributed by atoms with E-state index in [9.17, 15) is 0 Å². The highest BCUT2D eigenvalue weighted by atomic mass is 35.5. The van der Waals surface area contributed by atoms with Gasteiger partial charge in [-0.2, -0.15) is 0 Å². The van der Waals surface area contributed by atoms with Crippen LogP contribution in [0.1, 0.15) is 11.1 Å². The summed E-state index contributed by atoms with van der Waals surface area (Å²) in [5.41, 5.74) is 5.35. The van der Waals surface area contributed by atoms with E-state index in [0.29, 0.717) is 23.1 Å². The number of fused-ring (bicyclic) bond motifs is 1. The molecule has 1 N–H and O–H groups in total. The maximum Gasteiger partial charge on any atom is 0.162 e. The summed E-state index contributed by atoms with van der Waals surface area (Å²) >= 11 is 8.09. The normalized spacial score (nSPS) is 10.9. The quantitative estimate of drug-likeness (QED) is 0.381. The van der Waals surface area contributed by atoms with E-state index in [-0.39, 0.29) is 0 Å². The van der Waals surface area contributed by atoms with Gasteiger partial charge in [-0.25, -0.2) is 4.98 Å². The van der Waals surface area contributed by atoms with Crippen molar-refractivity contribution in [3.63, 3.8) is 0 Å². The van der Waals surface area contributed by atoms with Gasteiger partial charge in [-0.3, -0.25) is 0 Å². The van der Waals surface area contributed by atoms with Gasteiger partial charge < -0.3 is 14.8 Å². The molecular formula is C23H21ClN2O2S. The smallest absolute Gasteiger partial charge is 0.162 e. The molecule has 0 fully saturated rings. The second-order valence-electron chi connectivity index (χ2n) is 6.72. The largest absolute Gasteiger partial charge is 0.493 e. The Morgan fingerprint density at radius 2 is 1.69 bits per heavy atom. The lowest BCUT2D eigenvalue weighted by molar-refractivity contribution is 0.354. The van der Waals surface area contributed by atoms with Crippen molar-refractivity contribution in [2.24, 2.45) is 0 Å². The molecule has 0 aliphatic rings. The molecule has 29 heavy (non-hydrogen) atoms. The average molecular weight is 425 g/mol. The molecule has 4 nitrogen and oxygen atoms in total. The van der Waals surface area contributed by atoms with Gasteiger partial charge in [0, 0.05) is 28.9 Å². The van der Waals surface area contributed by atoms with E-state index in [1.54, 1.807) is 31.6 Å². The van der Waals surface area contributed by atoms with Crippen molar-refractivity contribution in [3.8, 4) is 22.1 Å². The minimum absolute atomic E-state index is 0.582. The van der Waals surface area contributed by atoms with Crippen LogP contribution in [-0.4, -0.2) is 19.2 Å². The van der Waals surface area contributed by atoms with Crippen molar-refractivity contribution in [3.05, 3.63) is 70.7 Å². The third kappa shape index (κ3) is 4.16. The lowest BCUT2D eigenvalue weighted by Crippen LogP contribution is -2.01. The van der Waals surface area contributed by atoms with Crippen molar-refractivity contribution in [2.75, 3.05) is 19.5 Å². The fraction of sp³-hybridized carbons (Fsp3) is 0.174. The van der Waals surface area contributed by atoms with Gasteiger partial charge in [0.15, 0.2) is 11.5 Å². The summed E-state index contributed by atoms with van der Waals surface area (Å²) in [5, 5.41) is 5.07. The fourth-order valence-electron chi connectivity index (χ4n) is 3.12. The number of rotatable bonds is 6. The summed E-state index contributed by atoms with van der Waals surface area (Å²) < 4.78 is 11.9. The Bertz CT molecular complexity index is 1160. The minimum atomic E-state index is 0.582. The number of thiazole rings is 1. The van der Waals surface area contributed by atoms with Gasteiger partial charge in [0.05, 0.1) is 24.4 Å². The van der Waals surface area contributed by atoms with Gasteiger partial charge in [-0.1, -0.05) is 17.7 Å². The number of aromatic nitrogens is 1. The molecule has 0 saturated heterocycles. The number of benzene rings is 3. The summed E-state index contributed by atoms with van der Waals surface area (Å²) in [6.45, 7) is 2.68. The molecule has 0 atom stereocenters. The van der Waals surface area contributed by atoms with Gasteiger partial charge in [0.1, 0.15) is 5.01 Å². The molecule has 0 aliphatic carbocycles. The van der Waals surface area contributed by atoms with Gasteiger partial charge >= 0.3 is 0 Å². The Labute approximate surface area is 179 Å². The first-order valence-corrected chi connectivity index (χ1v) is 10.4. The number of nitrogens with one attached hydrogen (secondary N) is 1. The fourth-order valence-corrected chi connectivity index (χ4v) is 4.40. The number of nitrogens with zero attached hydrogens (tertiary/aromatic N) is 1. The van der Waals surface area contributed by atoms with E-state index >= 15 is 0 Å². The molecule has 0 aliphatic heterocycles. The molecule has 3 aromatic carbocycles. The number of methoxy groups -OCH3 is 2. The van der Waals surface area contributed by atoms with Gasteiger partial charge in [0.2, 0.25) is 0 Å². The van der Waals surface area contributed by atoms with Crippen LogP contribution < -0.4 is 14.8 Å². The topological polar surface area (TPSA) is 43.4 Å². The van der Waals surface area contributed by atoms with Crippen molar-refractivity contribution in [1.82, 2.24) is 4.98 Å². The second kappa shape index (κ2) is 8.31. The van der Waals surface area contributed by atoms with Crippen LogP contribution in [0.3, 0.4) is 0 Å². The predicted molar refractivity (Wildman–Crippen MR) is 122 cm³/mol. The first kappa shape index (κ1) is 19.6. The number of hydrogen-bond donors (Lipinski definition) is 1. The molecule has 0 radical (unpaired) electrons. The Balaban J connectivity index is 1.50. The Morgan fingerprint density at radius 3 is 2.41 bits per heavy atom. The predicted octanol–water partition coefficient (Wildman–Crippen LogP) is 6.55. The van der Waals surface area contributed by atoms with Gasteiger partial charge in [0.25, 0.3) is 0 Å². The molecule has 0 saturated carbocycles. The first-order chi connectivity index (χ1) is 14.1. The summed E-state index contributed by atoms with van der Waals surface area (Å²) in [5.74, 6) is 1.28. The van der Waals surface area contributed by atoms with E-state index in [0.717, 1.165) is 27.3 Å². The number of ether oxygens (including phenoxy) is 2. The van der Waals surface area contributed by atoms with Crippen LogP contribution in [0, 0.1) is 6.92 Å². The number of aryl methyl sites for hydroxylation is 1. The SMILES string of the molecule is COc1cc(Cl)c(CNc2ccc(-c3nc4ccc(C)cc4s3)cc2)cc1OC. The van der Waals surface area contributed by atoms with Gasteiger partial charge in [-0.05, 0) is 60.5 Å². The zero-order valence-corrected chi connectivity index (χ0v) is 18.0. The summed E-state index contributed by atoms with van der Waals surface area (Å²) in [6, 6.07) is 18.3. The molecule has 148 valence electrons. The molecule has 4 aromatic rings. The zero-order valence-electron chi connectivity index (χ0n) is 16.5. The van der Waals surface area contributed by atoms with Crippen LogP contribution in [0.15, 0.2) is 54.6 Å². The van der Waals surface area contributed by atoms with Crippen molar-refractivity contribution in [2.45, 2.75) is 13.5 Å². The van der Waals surface area contributed by atoms with Crippen LogP contribution >= 0.6 is 22.9 Å². The molecule has 4 rings (SSSR count).